The topological polar surface area (TPSA) is 79.8 Å². The molecule has 1 aliphatic heterocycles. The Hall–Kier alpha value is -2.43. The van der Waals surface area contributed by atoms with Gasteiger partial charge in [-0.05, 0) is 29.4 Å². The predicted octanol–water partition coefficient (Wildman–Crippen LogP) is 2.41. The molecule has 0 saturated carbocycles. The van der Waals surface area contributed by atoms with Crippen molar-refractivity contribution in [3.05, 3.63) is 46.7 Å². The van der Waals surface area contributed by atoms with Crippen molar-refractivity contribution < 1.29 is 4.79 Å². The second-order valence-corrected chi connectivity index (χ2v) is 6.08. The van der Waals surface area contributed by atoms with Crippen LogP contribution >= 0.6 is 0 Å². The van der Waals surface area contributed by atoms with Gasteiger partial charge in [0.2, 0.25) is 5.96 Å². The second kappa shape index (κ2) is 5.75. The number of carbonyl (C=O) groups excluding carboxylic acids is 1. The van der Waals surface area contributed by atoms with Gasteiger partial charge in [0.1, 0.15) is 0 Å². The number of hydrogen-bond acceptors (Lipinski definition) is 5. The number of allylic oxidation sites excluding steroid dienone is 2. The Labute approximate surface area is 130 Å². The van der Waals surface area contributed by atoms with Gasteiger partial charge < -0.3 is 5.73 Å². The second-order valence-electron chi connectivity index (χ2n) is 6.08. The molecule has 0 aromatic heterocycles. The van der Waals surface area contributed by atoms with E-state index in [1.54, 1.807) is 0 Å². The normalized spacial score (nSPS) is 21.3. The number of rotatable bonds is 2. The number of guanidine groups is 1. The lowest BCUT2D eigenvalue weighted by Gasteiger charge is -2.24. The van der Waals surface area contributed by atoms with Crippen LogP contribution in [0.5, 0.6) is 0 Å². The molecule has 114 valence electrons. The van der Waals surface area contributed by atoms with Crippen LogP contribution in [0, 0.1) is 0 Å². The van der Waals surface area contributed by atoms with Crippen molar-refractivity contribution in [2.45, 2.75) is 38.5 Å². The molecule has 2 aliphatic rings. The molecule has 1 aromatic rings. The molecule has 0 amide bonds. The highest BCUT2D eigenvalue weighted by molar-refractivity contribution is 6.16. The summed E-state index contributed by atoms with van der Waals surface area (Å²) in [5.41, 5.74) is 12.4. The van der Waals surface area contributed by atoms with Crippen LogP contribution in [0.1, 0.15) is 49.7 Å². The van der Waals surface area contributed by atoms with Crippen LogP contribution in [-0.4, -0.2) is 18.0 Å². The van der Waals surface area contributed by atoms with Gasteiger partial charge in [0.25, 0.3) is 0 Å². The van der Waals surface area contributed by atoms with Crippen molar-refractivity contribution in [2.24, 2.45) is 15.8 Å². The Morgan fingerprint density at radius 1 is 1.23 bits per heavy atom. The molecule has 5 heteroatoms. The zero-order valence-corrected chi connectivity index (χ0v) is 12.8. The molecule has 1 unspecified atom stereocenters. The smallest absolute Gasteiger partial charge is 0.237 e. The van der Waals surface area contributed by atoms with Crippen LogP contribution in [0.25, 0.3) is 0 Å². The van der Waals surface area contributed by atoms with Crippen molar-refractivity contribution in [2.75, 3.05) is 0 Å². The molecule has 3 N–H and O–H groups in total. The lowest BCUT2D eigenvalue weighted by Crippen LogP contribution is -2.24. The average Bonchev–Trinajstić information content (AvgIpc) is 2.70. The summed E-state index contributed by atoms with van der Waals surface area (Å²) >= 11 is 0. The number of benzene rings is 1. The lowest BCUT2D eigenvalue weighted by molar-refractivity contribution is -0.115. The van der Waals surface area contributed by atoms with Crippen LogP contribution in [-0.2, 0) is 4.79 Å². The van der Waals surface area contributed by atoms with Gasteiger partial charge >= 0.3 is 0 Å². The minimum absolute atomic E-state index is 0.0836. The number of nitrogens with one attached hydrogen (secondary N) is 1. The van der Waals surface area contributed by atoms with E-state index in [4.69, 9.17) is 5.73 Å². The van der Waals surface area contributed by atoms with Gasteiger partial charge in [-0.15, -0.1) is 5.10 Å². The van der Waals surface area contributed by atoms with Gasteiger partial charge in [-0.25, -0.2) is 4.99 Å². The SMILES string of the molecule is CC(C)c1ccc(C2CC(=O)C3=C(C2)NN=C(N)N=C3)cc1. The molecule has 5 nitrogen and oxygen atoms in total. The van der Waals surface area contributed by atoms with Gasteiger partial charge in [-0.2, -0.15) is 0 Å². The van der Waals surface area contributed by atoms with Crippen molar-refractivity contribution in [3.8, 4) is 0 Å². The molecular weight excluding hydrogens is 276 g/mol. The van der Waals surface area contributed by atoms with E-state index in [2.05, 4.69) is 53.6 Å². The van der Waals surface area contributed by atoms with Gasteiger partial charge in [0.15, 0.2) is 5.78 Å². The fourth-order valence-electron chi connectivity index (χ4n) is 2.86. The molecule has 0 saturated heterocycles. The van der Waals surface area contributed by atoms with Crippen molar-refractivity contribution in [3.63, 3.8) is 0 Å². The molecule has 0 spiro atoms. The lowest BCUT2D eigenvalue weighted by atomic mass is 9.81. The average molecular weight is 296 g/mol. The highest BCUT2D eigenvalue weighted by atomic mass is 16.1. The third-order valence-corrected chi connectivity index (χ3v) is 4.21. The van der Waals surface area contributed by atoms with Crippen LogP contribution in [0.3, 0.4) is 0 Å². The monoisotopic (exact) mass is 296 g/mol. The maximum Gasteiger partial charge on any atom is 0.237 e. The fraction of sp³-hybridized carbons (Fsp3) is 0.353. The summed E-state index contributed by atoms with van der Waals surface area (Å²) in [7, 11) is 0. The minimum Gasteiger partial charge on any atom is -0.367 e. The Bertz CT molecular complexity index is 683. The Morgan fingerprint density at radius 2 is 1.95 bits per heavy atom. The summed E-state index contributed by atoms with van der Waals surface area (Å²) in [6.07, 6.45) is 2.76. The van der Waals surface area contributed by atoms with Crippen LogP contribution < -0.4 is 11.2 Å². The molecule has 1 heterocycles. The molecule has 0 radical (unpaired) electrons. The first kappa shape index (κ1) is 14.5. The summed E-state index contributed by atoms with van der Waals surface area (Å²) in [5.74, 6) is 0.900. The third-order valence-electron chi connectivity index (χ3n) is 4.21. The number of aliphatic imine (C=N–C) groups is 1. The molecule has 22 heavy (non-hydrogen) atoms. The molecule has 0 fully saturated rings. The van der Waals surface area contributed by atoms with Gasteiger partial charge in [-0.3, -0.25) is 10.2 Å². The maximum absolute atomic E-state index is 12.4. The molecular formula is C17H20N4O. The van der Waals surface area contributed by atoms with E-state index in [-0.39, 0.29) is 17.7 Å². The maximum atomic E-state index is 12.4. The summed E-state index contributed by atoms with van der Waals surface area (Å²) in [6, 6.07) is 8.54. The molecule has 0 bridgehead atoms. The third kappa shape index (κ3) is 2.79. The van der Waals surface area contributed by atoms with E-state index < -0.39 is 0 Å². The first-order valence-corrected chi connectivity index (χ1v) is 7.54. The van der Waals surface area contributed by atoms with Crippen LogP contribution in [0.4, 0.5) is 0 Å². The number of Topliss-reactive ketones (excluding diaryl/α,β-unsaturated/α-hetero) is 1. The summed E-state index contributed by atoms with van der Waals surface area (Å²) in [4.78, 5) is 16.3. The standard InChI is InChI=1S/C17H20N4O/c1-10(2)11-3-5-12(6-4-11)13-7-15-14(16(22)8-13)9-19-17(18)21-20-15/h3-6,9-10,13,20H,7-8H2,1-2H3,(H2,18,21). The number of ketones is 1. The number of nitrogens with zero attached hydrogens (tertiary/aromatic N) is 2. The number of hydrogen-bond donors (Lipinski definition) is 2. The van der Waals surface area contributed by atoms with E-state index in [1.807, 2.05) is 0 Å². The number of nitrogens with two attached hydrogens (primary N) is 1. The minimum atomic E-state index is 0.0836. The highest BCUT2D eigenvalue weighted by Crippen LogP contribution is 2.34. The van der Waals surface area contributed by atoms with Crippen LogP contribution in [0.15, 0.2) is 45.6 Å². The zero-order valence-electron chi connectivity index (χ0n) is 12.8. The van der Waals surface area contributed by atoms with Crippen molar-refractivity contribution >= 4 is 18.0 Å². The molecule has 1 aliphatic carbocycles. The number of carbonyl (C=O) groups is 1. The van der Waals surface area contributed by atoms with Gasteiger partial charge in [0.05, 0.1) is 5.57 Å². The van der Waals surface area contributed by atoms with E-state index in [0.717, 1.165) is 12.1 Å². The molecule has 3 rings (SSSR count). The highest BCUT2D eigenvalue weighted by Gasteiger charge is 2.28. The summed E-state index contributed by atoms with van der Waals surface area (Å²) in [6.45, 7) is 4.35. The van der Waals surface area contributed by atoms with E-state index >= 15 is 0 Å². The van der Waals surface area contributed by atoms with Crippen molar-refractivity contribution in [1.29, 1.82) is 0 Å². The quantitative estimate of drug-likeness (QED) is 0.879. The Morgan fingerprint density at radius 3 is 2.64 bits per heavy atom. The predicted molar refractivity (Wildman–Crippen MR) is 87.8 cm³/mol. The van der Waals surface area contributed by atoms with E-state index in [0.29, 0.717) is 17.9 Å². The van der Waals surface area contributed by atoms with Crippen molar-refractivity contribution in [1.82, 2.24) is 5.43 Å². The Balaban J connectivity index is 1.85. The van der Waals surface area contributed by atoms with E-state index in [9.17, 15) is 4.79 Å². The summed E-state index contributed by atoms with van der Waals surface area (Å²) in [5, 5.41) is 3.94. The molecule has 1 aromatic carbocycles. The van der Waals surface area contributed by atoms with Gasteiger partial charge in [-0.1, -0.05) is 38.1 Å². The zero-order chi connectivity index (χ0) is 15.7. The molecule has 1 atom stereocenters. The fourth-order valence-corrected chi connectivity index (χ4v) is 2.86. The first-order chi connectivity index (χ1) is 10.5. The van der Waals surface area contributed by atoms with Gasteiger partial charge in [0, 0.05) is 18.3 Å². The first-order valence-electron chi connectivity index (χ1n) is 7.54. The van der Waals surface area contributed by atoms with E-state index in [1.165, 1.54) is 17.3 Å². The number of hydrazone groups is 1. The summed E-state index contributed by atoms with van der Waals surface area (Å²) < 4.78 is 0. The van der Waals surface area contributed by atoms with Crippen LogP contribution in [0.2, 0.25) is 0 Å². The largest absolute Gasteiger partial charge is 0.367 e. The Kier molecular flexibility index (Phi) is 3.79.